The first kappa shape index (κ1) is 14.5. The second kappa shape index (κ2) is 5.73. The molecule has 112 valence electrons. The molecule has 0 aliphatic carbocycles. The second-order valence-electron chi connectivity index (χ2n) is 6.03. The van der Waals surface area contributed by atoms with E-state index in [0.717, 1.165) is 17.8 Å². The van der Waals surface area contributed by atoms with E-state index >= 15 is 0 Å². The maximum atomic E-state index is 10.9. The SMILES string of the molecule is CC(C)N1CCC(c2csc3cc([N+](=O)[O-])ccc23)CC1. The van der Waals surface area contributed by atoms with Crippen LogP contribution in [0.2, 0.25) is 0 Å². The summed E-state index contributed by atoms with van der Waals surface area (Å²) in [5, 5.41) is 14.3. The molecule has 0 spiro atoms. The molecule has 1 fully saturated rings. The molecule has 0 unspecified atom stereocenters. The lowest BCUT2D eigenvalue weighted by molar-refractivity contribution is -0.384. The van der Waals surface area contributed by atoms with Gasteiger partial charge in [-0.2, -0.15) is 0 Å². The van der Waals surface area contributed by atoms with Crippen LogP contribution >= 0.6 is 11.3 Å². The molecule has 1 aliphatic heterocycles. The first-order valence-corrected chi connectivity index (χ1v) is 8.34. The minimum atomic E-state index is -0.319. The van der Waals surface area contributed by atoms with Gasteiger partial charge in [0.15, 0.2) is 0 Å². The summed E-state index contributed by atoms with van der Waals surface area (Å²) in [6, 6.07) is 5.87. The Labute approximate surface area is 128 Å². The number of likely N-dealkylation sites (tertiary alicyclic amines) is 1. The highest BCUT2D eigenvalue weighted by atomic mass is 32.1. The number of piperidine rings is 1. The van der Waals surface area contributed by atoms with E-state index in [-0.39, 0.29) is 10.6 Å². The minimum absolute atomic E-state index is 0.186. The predicted molar refractivity (Wildman–Crippen MR) is 87.2 cm³/mol. The topological polar surface area (TPSA) is 46.4 Å². The van der Waals surface area contributed by atoms with E-state index in [0.29, 0.717) is 12.0 Å². The lowest BCUT2D eigenvalue weighted by atomic mass is 9.89. The summed E-state index contributed by atoms with van der Waals surface area (Å²) < 4.78 is 1.03. The molecule has 0 N–H and O–H groups in total. The van der Waals surface area contributed by atoms with Crippen molar-refractivity contribution in [2.45, 2.75) is 38.6 Å². The Balaban J connectivity index is 1.84. The fourth-order valence-electron chi connectivity index (χ4n) is 3.19. The number of hydrogen-bond donors (Lipinski definition) is 0. The predicted octanol–water partition coefficient (Wildman–Crippen LogP) is 4.40. The van der Waals surface area contributed by atoms with Crippen LogP contribution in [-0.4, -0.2) is 29.0 Å². The van der Waals surface area contributed by atoms with E-state index in [4.69, 9.17) is 0 Å². The van der Waals surface area contributed by atoms with Gasteiger partial charge in [0, 0.05) is 22.9 Å². The summed E-state index contributed by atoms with van der Waals surface area (Å²) in [7, 11) is 0. The van der Waals surface area contributed by atoms with Crippen molar-refractivity contribution in [1.29, 1.82) is 0 Å². The number of benzene rings is 1. The normalized spacial score (nSPS) is 17.7. The van der Waals surface area contributed by atoms with Crippen LogP contribution in [0.15, 0.2) is 23.6 Å². The van der Waals surface area contributed by atoms with E-state index in [1.54, 1.807) is 23.5 Å². The standard InChI is InChI=1S/C16H20N2O2S/c1-11(2)17-7-5-12(6-8-17)15-10-21-16-9-13(18(19)20)3-4-14(15)16/h3-4,9-12H,5-8H2,1-2H3. The van der Waals surface area contributed by atoms with Crippen molar-refractivity contribution < 1.29 is 4.92 Å². The van der Waals surface area contributed by atoms with Crippen LogP contribution in [0.25, 0.3) is 10.1 Å². The zero-order valence-corrected chi connectivity index (χ0v) is 13.2. The Hall–Kier alpha value is -1.46. The first-order chi connectivity index (χ1) is 10.1. The average Bonchev–Trinajstić information content (AvgIpc) is 2.90. The zero-order valence-electron chi connectivity index (χ0n) is 12.4. The molecule has 0 bridgehead atoms. The second-order valence-corrected chi connectivity index (χ2v) is 6.94. The van der Waals surface area contributed by atoms with Crippen LogP contribution in [0.1, 0.15) is 38.2 Å². The van der Waals surface area contributed by atoms with Crippen LogP contribution < -0.4 is 0 Å². The monoisotopic (exact) mass is 304 g/mol. The number of nitro groups is 1. The first-order valence-electron chi connectivity index (χ1n) is 7.46. The van der Waals surface area contributed by atoms with Gasteiger partial charge in [-0.1, -0.05) is 0 Å². The lowest BCUT2D eigenvalue weighted by Crippen LogP contribution is -2.37. The van der Waals surface area contributed by atoms with Gasteiger partial charge in [0.1, 0.15) is 0 Å². The average molecular weight is 304 g/mol. The lowest BCUT2D eigenvalue weighted by Gasteiger charge is -2.34. The van der Waals surface area contributed by atoms with Crippen molar-refractivity contribution in [3.05, 3.63) is 39.3 Å². The van der Waals surface area contributed by atoms with Crippen molar-refractivity contribution in [2.75, 3.05) is 13.1 Å². The van der Waals surface area contributed by atoms with Crippen LogP contribution in [0, 0.1) is 10.1 Å². The largest absolute Gasteiger partial charge is 0.301 e. The molecule has 0 atom stereocenters. The number of rotatable bonds is 3. The van der Waals surface area contributed by atoms with Gasteiger partial charge in [-0.15, -0.1) is 11.3 Å². The summed E-state index contributed by atoms with van der Waals surface area (Å²) in [5.74, 6) is 0.593. The fourth-order valence-corrected chi connectivity index (χ4v) is 4.27. The number of nitrogens with zero attached hydrogens (tertiary/aromatic N) is 2. The van der Waals surface area contributed by atoms with Gasteiger partial charge in [0.25, 0.3) is 5.69 Å². The maximum absolute atomic E-state index is 10.9. The van der Waals surface area contributed by atoms with Crippen molar-refractivity contribution in [2.24, 2.45) is 0 Å². The molecule has 0 saturated carbocycles. The van der Waals surface area contributed by atoms with Gasteiger partial charge >= 0.3 is 0 Å². The Bertz CT molecular complexity index is 657. The molecule has 1 aromatic carbocycles. The Morgan fingerprint density at radius 1 is 1.33 bits per heavy atom. The maximum Gasteiger partial charge on any atom is 0.270 e. The number of nitro benzene ring substituents is 1. The molecule has 1 saturated heterocycles. The smallest absolute Gasteiger partial charge is 0.270 e. The van der Waals surface area contributed by atoms with Gasteiger partial charge in [0.2, 0.25) is 0 Å². The molecule has 1 aromatic heterocycles. The highest BCUT2D eigenvalue weighted by Gasteiger charge is 2.24. The van der Waals surface area contributed by atoms with Crippen LogP contribution in [0.4, 0.5) is 5.69 Å². The molecule has 5 heteroatoms. The van der Waals surface area contributed by atoms with Crippen molar-refractivity contribution in [3.63, 3.8) is 0 Å². The van der Waals surface area contributed by atoms with Gasteiger partial charge in [0.05, 0.1) is 4.92 Å². The molecule has 21 heavy (non-hydrogen) atoms. The molecule has 0 radical (unpaired) electrons. The van der Waals surface area contributed by atoms with Gasteiger partial charge in [-0.05, 0) is 68.1 Å². The Morgan fingerprint density at radius 3 is 2.67 bits per heavy atom. The fraction of sp³-hybridized carbons (Fsp3) is 0.500. The Morgan fingerprint density at radius 2 is 2.05 bits per heavy atom. The Kier molecular flexibility index (Phi) is 3.95. The molecular weight excluding hydrogens is 284 g/mol. The summed E-state index contributed by atoms with van der Waals surface area (Å²) in [6.45, 7) is 6.79. The molecule has 2 heterocycles. The van der Waals surface area contributed by atoms with Gasteiger partial charge < -0.3 is 4.90 Å². The van der Waals surface area contributed by atoms with Crippen LogP contribution in [0.3, 0.4) is 0 Å². The molecular formula is C16H20N2O2S. The van der Waals surface area contributed by atoms with E-state index < -0.39 is 0 Å². The van der Waals surface area contributed by atoms with Crippen molar-refractivity contribution >= 4 is 27.1 Å². The molecule has 1 aliphatic rings. The summed E-state index contributed by atoms with van der Waals surface area (Å²) >= 11 is 1.63. The third-order valence-corrected chi connectivity index (χ3v) is 5.46. The van der Waals surface area contributed by atoms with E-state index in [9.17, 15) is 10.1 Å². The zero-order chi connectivity index (χ0) is 15.0. The number of hydrogen-bond acceptors (Lipinski definition) is 4. The number of thiophene rings is 1. The highest BCUT2D eigenvalue weighted by molar-refractivity contribution is 7.17. The number of fused-ring (bicyclic) bond motifs is 1. The van der Waals surface area contributed by atoms with Crippen LogP contribution in [-0.2, 0) is 0 Å². The minimum Gasteiger partial charge on any atom is -0.301 e. The molecule has 4 nitrogen and oxygen atoms in total. The molecule has 3 rings (SSSR count). The third-order valence-electron chi connectivity index (χ3n) is 4.50. The van der Waals surface area contributed by atoms with E-state index in [1.165, 1.54) is 23.8 Å². The van der Waals surface area contributed by atoms with Crippen molar-refractivity contribution in [1.82, 2.24) is 4.90 Å². The van der Waals surface area contributed by atoms with Gasteiger partial charge in [-0.25, -0.2) is 0 Å². The quantitative estimate of drug-likeness (QED) is 0.624. The molecule has 0 amide bonds. The van der Waals surface area contributed by atoms with E-state index in [2.05, 4.69) is 24.1 Å². The molecule has 2 aromatic rings. The summed E-state index contributed by atoms with van der Waals surface area (Å²) in [6.07, 6.45) is 2.36. The van der Waals surface area contributed by atoms with E-state index in [1.807, 2.05) is 6.07 Å². The number of non-ortho nitro benzene ring substituents is 1. The summed E-state index contributed by atoms with van der Waals surface area (Å²) in [4.78, 5) is 13.1. The van der Waals surface area contributed by atoms with Crippen LogP contribution in [0.5, 0.6) is 0 Å². The third kappa shape index (κ3) is 2.80. The van der Waals surface area contributed by atoms with Gasteiger partial charge in [-0.3, -0.25) is 10.1 Å². The summed E-state index contributed by atoms with van der Waals surface area (Å²) in [5.41, 5.74) is 1.57. The van der Waals surface area contributed by atoms with Crippen molar-refractivity contribution in [3.8, 4) is 0 Å². The highest BCUT2D eigenvalue weighted by Crippen LogP contribution is 2.38.